The standard InChI is InChI=1S/C35H41N3O7/c1-25(39)38-24-35(18-29(38)34(41)37-19-31(40)36-2)33(44-22-28-16-10-5-11-17-28)32(43-21-27-14-8-4-9-15-27)30(45-35)23-42-20-26-12-6-3-7-13-26/h3-17,29-30,32-33H,18-24H2,1-2H3,(H,36,40)(H,37,41)/t29-,30-,32-,33+,35+/m1/s1. The van der Waals surface area contributed by atoms with Crippen molar-refractivity contribution >= 4 is 17.7 Å². The highest BCUT2D eigenvalue weighted by Gasteiger charge is 2.63. The summed E-state index contributed by atoms with van der Waals surface area (Å²) in [5.74, 6) is -1.04. The summed E-state index contributed by atoms with van der Waals surface area (Å²) in [6.45, 7) is 2.56. The molecule has 45 heavy (non-hydrogen) atoms. The van der Waals surface area contributed by atoms with Gasteiger partial charge in [0.25, 0.3) is 0 Å². The molecule has 3 amide bonds. The molecule has 2 heterocycles. The van der Waals surface area contributed by atoms with E-state index in [-0.39, 0.29) is 44.5 Å². The molecular formula is C35H41N3O7. The van der Waals surface area contributed by atoms with E-state index < -0.39 is 35.9 Å². The molecular weight excluding hydrogens is 574 g/mol. The Morgan fingerprint density at radius 1 is 0.844 bits per heavy atom. The highest BCUT2D eigenvalue weighted by molar-refractivity contribution is 5.90. The summed E-state index contributed by atoms with van der Waals surface area (Å²) >= 11 is 0. The summed E-state index contributed by atoms with van der Waals surface area (Å²) < 4.78 is 26.2. The first-order valence-electron chi connectivity index (χ1n) is 15.2. The summed E-state index contributed by atoms with van der Waals surface area (Å²) in [4.78, 5) is 39.6. The lowest BCUT2D eigenvalue weighted by molar-refractivity contribution is -0.138. The van der Waals surface area contributed by atoms with Gasteiger partial charge in [0.15, 0.2) is 0 Å². The van der Waals surface area contributed by atoms with Crippen LogP contribution in [0.1, 0.15) is 30.0 Å². The van der Waals surface area contributed by atoms with Crippen molar-refractivity contribution in [1.29, 1.82) is 0 Å². The second-order valence-electron chi connectivity index (χ2n) is 11.5. The fraction of sp³-hybridized carbons (Fsp3) is 0.400. The Morgan fingerprint density at radius 2 is 1.40 bits per heavy atom. The Balaban J connectivity index is 1.43. The van der Waals surface area contributed by atoms with Gasteiger partial charge in [0.1, 0.15) is 30.0 Å². The van der Waals surface area contributed by atoms with Crippen LogP contribution in [0.4, 0.5) is 0 Å². The number of nitrogens with zero attached hydrogens (tertiary/aromatic N) is 1. The van der Waals surface area contributed by atoms with Crippen molar-refractivity contribution in [3.8, 4) is 0 Å². The van der Waals surface area contributed by atoms with Crippen molar-refractivity contribution in [3.05, 3.63) is 108 Å². The molecule has 5 rings (SSSR count). The number of likely N-dealkylation sites (N-methyl/N-ethyl adjacent to an activating group) is 1. The van der Waals surface area contributed by atoms with Crippen molar-refractivity contribution < 1.29 is 33.3 Å². The average molecular weight is 616 g/mol. The molecule has 3 aromatic carbocycles. The van der Waals surface area contributed by atoms with Crippen molar-refractivity contribution in [1.82, 2.24) is 15.5 Å². The Hall–Kier alpha value is -4.09. The van der Waals surface area contributed by atoms with Crippen molar-refractivity contribution in [2.45, 2.75) is 63.1 Å². The molecule has 2 aliphatic heterocycles. The minimum absolute atomic E-state index is 0.125. The monoisotopic (exact) mass is 615 g/mol. The molecule has 0 aromatic heterocycles. The lowest BCUT2D eigenvalue weighted by Crippen LogP contribution is -2.48. The molecule has 2 aliphatic rings. The second-order valence-corrected chi connectivity index (χ2v) is 11.5. The molecule has 2 N–H and O–H groups in total. The van der Waals surface area contributed by atoms with Gasteiger partial charge in [-0.3, -0.25) is 14.4 Å². The smallest absolute Gasteiger partial charge is 0.243 e. The summed E-state index contributed by atoms with van der Waals surface area (Å²) in [6.07, 6.45) is -1.57. The normalized spacial score (nSPS) is 24.1. The predicted octanol–water partition coefficient (Wildman–Crippen LogP) is 2.99. The van der Waals surface area contributed by atoms with E-state index in [9.17, 15) is 14.4 Å². The van der Waals surface area contributed by atoms with E-state index in [1.165, 1.54) is 18.9 Å². The summed E-state index contributed by atoms with van der Waals surface area (Å²) in [7, 11) is 1.50. The molecule has 0 aliphatic carbocycles. The maximum Gasteiger partial charge on any atom is 0.243 e. The molecule has 238 valence electrons. The molecule has 3 aromatic rings. The molecule has 10 heteroatoms. The molecule has 5 atom stereocenters. The number of rotatable bonds is 13. The van der Waals surface area contributed by atoms with Crippen LogP contribution in [0, 0.1) is 0 Å². The van der Waals surface area contributed by atoms with Gasteiger partial charge in [-0.05, 0) is 16.7 Å². The minimum atomic E-state index is -1.06. The van der Waals surface area contributed by atoms with Crippen LogP contribution in [0.3, 0.4) is 0 Å². The topological polar surface area (TPSA) is 115 Å². The third-order valence-electron chi connectivity index (χ3n) is 8.28. The highest BCUT2D eigenvalue weighted by Crippen LogP contribution is 2.45. The first-order chi connectivity index (χ1) is 21.9. The number of likely N-dealkylation sites (tertiary alicyclic amines) is 1. The van der Waals surface area contributed by atoms with Crippen LogP contribution in [-0.4, -0.2) is 79.3 Å². The zero-order chi connectivity index (χ0) is 31.6. The van der Waals surface area contributed by atoms with Gasteiger partial charge in [0, 0.05) is 20.4 Å². The highest BCUT2D eigenvalue weighted by atomic mass is 16.6. The van der Waals surface area contributed by atoms with Crippen LogP contribution in [-0.2, 0) is 53.2 Å². The van der Waals surface area contributed by atoms with Crippen LogP contribution in [0.15, 0.2) is 91.0 Å². The number of carbonyl (C=O) groups is 3. The quantitative estimate of drug-likeness (QED) is 0.304. The van der Waals surface area contributed by atoms with Gasteiger partial charge in [-0.1, -0.05) is 91.0 Å². The summed E-state index contributed by atoms with van der Waals surface area (Å²) in [5.41, 5.74) is 1.93. The molecule has 10 nitrogen and oxygen atoms in total. The predicted molar refractivity (Wildman–Crippen MR) is 167 cm³/mol. The number of ether oxygens (including phenoxy) is 4. The third kappa shape index (κ3) is 8.15. The number of amides is 3. The SMILES string of the molecule is CNC(=O)CNC(=O)[C@H]1C[C@@]2(CN1C(C)=O)O[C@H](COCc1ccccc1)[C@@H](OCc1ccccc1)[C@@H]2OCc1ccccc1. The van der Waals surface area contributed by atoms with E-state index in [0.29, 0.717) is 13.2 Å². The van der Waals surface area contributed by atoms with Crippen LogP contribution < -0.4 is 10.6 Å². The number of hydrogen-bond donors (Lipinski definition) is 2. The Kier molecular flexibility index (Phi) is 11.0. The van der Waals surface area contributed by atoms with Gasteiger partial charge in [-0.25, -0.2) is 0 Å². The maximum atomic E-state index is 13.4. The number of carbonyl (C=O) groups excluding carboxylic acids is 3. The largest absolute Gasteiger partial charge is 0.374 e. The van der Waals surface area contributed by atoms with E-state index in [4.69, 9.17) is 18.9 Å². The Bertz CT molecular complexity index is 1410. The zero-order valence-corrected chi connectivity index (χ0v) is 25.7. The van der Waals surface area contributed by atoms with E-state index in [0.717, 1.165) is 16.7 Å². The molecule has 0 unspecified atom stereocenters. The number of nitrogens with one attached hydrogen (secondary N) is 2. The zero-order valence-electron chi connectivity index (χ0n) is 25.7. The van der Waals surface area contributed by atoms with Crippen LogP contribution >= 0.6 is 0 Å². The number of hydrogen-bond acceptors (Lipinski definition) is 7. The number of benzene rings is 3. The summed E-state index contributed by atoms with van der Waals surface area (Å²) in [5, 5.41) is 5.16. The molecule has 0 saturated carbocycles. The average Bonchev–Trinajstić information content (AvgIpc) is 3.60. The lowest BCUT2D eigenvalue weighted by Gasteiger charge is -2.31. The van der Waals surface area contributed by atoms with E-state index >= 15 is 0 Å². The minimum Gasteiger partial charge on any atom is -0.374 e. The van der Waals surface area contributed by atoms with E-state index in [1.807, 2.05) is 91.0 Å². The second kappa shape index (κ2) is 15.3. The Morgan fingerprint density at radius 3 is 1.96 bits per heavy atom. The van der Waals surface area contributed by atoms with E-state index in [1.54, 1.807) is 0 Å². The van der Waals surface area contributed by atoms with Crippen molar-refractivity contribution in [2.75, 3.05) is 26.7 Å². The Labute approximate surface area is 264 Å². The first kappa shape index (κ1) is 32.3. The fourth-order valence-corrected chi connectivity index (χ4v) is 6.02. The first-order valence-corrected chi connectivity index (χ1v) is 15.2. The maximum absolute atomic E-state index is 13.4. The molecule has 0 bridgehead atoms. The van der Waals surface area contributed by atoms with Crippen LogP contribution in [0.2, 0.25) is 0 Å². The van der Waals surface area contributed by atoms with Gasteiger partial charge >= 0.3 is 0 Å². The van der Waals surface area contributed by atoms with E-state index in [2.05, 4.69) is 10.6 Å². The van der Waals surface area contributed by atoms with Gasteiger partial charge in [0.2, 0.25) is 17.7 Å². The van der Waals surface area contributed by atoms with Crippen LogP contribution in [0.5, 0.6) is 0 Å². The van der Waals surface area contributed by atoms with Gasteiger partial charge in [-0.15, -0.1) is 0 Å². The van der Waals surface area contributed by atoms with Gasteiger partial charge in [0.05, 0.1) is 39.5 Å². The van der Waals surface area contributed by atoms with Crippen LogP contribution in [0.25, 0.3) is 0 Å². The van der Waals surface area contributed by atoms with Crippen molar-refractivity contribution in [2.24, 2.45) is 0 Å². The molecule has 0 radical (unpaired) electrons. The fourth-order valence-electron chi connectivity index (χ4n) is 6.02. The third-order valence-corrected chi connectivity index (χ3v) is 8.28. The van der Waals surface area contributed by atoms with Crippen molar-refractivity contribution in [3.63, 3.8) is 0 Å². The van der Waals surface area contributed by atoms with Gasteiger partial charge in [-0.2, -0.15) is 0 Å². The molecule has 2 saturated heterocycles. The molecule has 2 fully saturated rings. The summed E-state index contributed by atoms with van der Waals surface area (Å²) in [6, 6.07) is 28.7. The molecule has 1 spiro atoms. The lowest BCUT2D eigenvalue weighted by atomic mass is 9.91. The van der Waals surface area contributed by atoms with Gasteiger partial charge < -0.3 is 34.5 Å².